The van der Waals surface area contributed by atoms with Gasteiger partial charge in [0, 0.05) is 17.3 Å². The van der Waals surface area contributed by atoms with E-state index in [-0.39, 0.29) is 17.0 Å². The van der Waals surface area contributed by atoms with Gasteiger partial charge in [-0.1, -0.05) is 54.6 Å². The number of hydrogen-bond donors (Lipinski definition) is 2. The minimum Gasteiger partial charge on any atom is -0.372 e. The van der Waals surface area contributed by atoms with Gasteiger partial charge in [0.05, 0.1) is 17.1 Å². The number of aromatic nitrogens is 1. The van der Waals surface area contributed by atoms with Crippen LogP contribution in [0.25, 0.3) is 11.1 Å². The van der Waals surface area contributed by atoms with Gasteiger partial charge in [0.1, 0.15) is 5.69 Å². The molecule has 0 radical (unpaired) electrons. The van der Waals surface area contributed by atoms with E-state index in [0.29, 0.717) is 27.9 Å². The maximum Gasteiger partial charge on any atom is 0.433 e. The third-order valence-electron chi connectivity index (χ3n) is 6.84. The number of aliphatic hydroxyl groups is 1. The number of halogens is 3. The summed E-state index contributed by atoms with van der Waals surface area (Å²) in [7, 11) is -3.82. The molecular formula is C31H28F3N3O4S. The highest BCUT2D eigenvalue weighted by molar-refractivity contribution is 7.89. The number of anilines is 1. The van der Waals surface area contributed by atoms with Crippen molar-refractivity contribution >= 4 is 21.6 Å². The Morgan fingerprint density at radius 1 is 0.905 bits per heavy atom. The van der Waals surface area contributed by atoms with E-state index in [1.54, 1.807) is 69.3 Å². The summed E-state index contributed by atoms with van der Waals surface area (Å²) >= 11 is 0. The zero-order valence-corrected chi connectivity index (χ0v) is 23.8. The van der Waals surface area contributed by atoms with E-state index in [1.807, 2.05) is 0 Å². The molecule has 1 unspecified atom stereocenters. The van der Waals surface area contributed by atoms with Crippen LogP contribution in [0.3, 0.4) is 0 Å². The molecule has 1 atom stereocenters. The molecule has 0 saturated carbocycles. The molecule has 3 aromatic carbocycles. The first-order valence-electron chi connectivity index (χ1n) is 13.0. The van der Waals surface area contributed by atoms with Crippen molar-refractivity contribution in [2.75, 3.05) is 4.90 Å². The first-order chi connectivity index (χ1) is 19.6. The third kappa shape index (κ3) is 5.55. The van der Waals surface area contributed by atoms with Crippen molar-refractivity contribution in [3.63, 3.8) is 0 Å². The molecule has 0 saturated heterocycles. The Morgan fingerprint density at radius 3 is 2.17 bits per heavy atom. The number of pyridine rings is 1. The lowest BCUT2D eigenvalue weighted by molar-refractivity contribution is -0.141. The van der Waals surface area contributed by atoms with Gasteiger partial charge in [-0.2, -0.15) is 13.2 Å². The fraction of sp³-hybridized carbons (Fsp3) is 0.226. The fourth-order valence-electron chi connectivity index (χ4n) is 4.96. The van der Waals surface area contributed by atoms with Gasteiger partial charge >= 0.3 is 6.18 Å². The number of fused-ring (bicyclic) bond motifs is 1. The van der Waals surface area contributed by atoms with Crippen LogP contribution in [0.1, 0.15) is 43.2 Å². The fourth-order valence-corrected chi connectivity index (χ4v) is 6.38. The summed E-state index contributed by atoms with van der Waals surface area (Å²) in [5.74, 6) is -0.611. The highest BCUT2D eigenvalue weighted by atomic mass is 32.2. The molecule has 1 aliphatic heterocycles. The van der Waals surface area contributed by atoms with Crippen LogP contribution in [-0.4, -0.2) is 30.0 Å². The van der Waals surface area contributed by atoms with Gasteiger partial charge in [0.25, 0.3) is 5.91 Å². The molecule has 0 aliphatic carbocycles. The van der Waals surface area contributed by atoms with Crippen molar-refractivity contribution in [2.24, 2.45) is 0 Å². The normalized spacial score (nSPS) is 17.4. The lowest BCUT2D eigenvalue weighted by Crippen LogP contribution is -2.41. The Kier molecular flexibility index (Phi) is 7.24. The molecular weight excluding hydrogens is 567 g/mol. The molecule has 42 heavy (non-hydrogen) atoms. The number of sulfonamides is 1. The number of carbonyl (C=O) groups excluding carboxylic acids is 1. The smallest absolute Gasteiger partial charge is 0.372 e. The molecule has 2 N–H and O–H groups in total. The lowest BCUT2D eigenvalue weighted by atomic mass is 9.87. The molecule has 1 aromatic heterocycles. The summed E-state index contributed by atoms with van der Waals surface area (Å²) < 4.78 is 67.4. The SMILES string of the molecule is CC(C)(C)NS(=O)(=O)c1ccc(C2(O)C(=O)N(Cc3ccc(-c4ccnc(C(F)(F)F)c4)cc3)c3ccccc32)cc1. The molecule has 7 nitrogen and oxygen atoms in total. The number of nitrogens with zero attached hydrogens (tertiary/aromatic N) is 2. The van der Waals surface area contributed by atoms with Crippen LogP contribution in [0.15, 0.2) is 96.0 Å². The summed E-state index contributed by atoms with van der Waals surface area (Å²) in [6.45, 7) is 5.26. The predicted molar refractivity (Wildman–Crippen MR) is 152 cm³/mol. The maximum atomic E-state index is 13.8. The van der Waals surface area contributed by atoms with E-state index in [0.717, 1.165) is 12.3 Å². The van der Waals surface area contributed by atoms with Crippen molar-refractivity contribution in [3.05, 3.63) is 114 Å². The molecule has 1 amide bonds. The van der Waals surface area contributed by atoms with E-state index in [1.165, 1.54) is 35.2 Å². The molecule has 5 rings (SSSR count). The van der Waals surface area contributed by atoms with Crippen molar-refractivity contribution in [1.82, 2.24) is 9.71 Å². The van der Waals surface area contributed by atoms with E-state index >= 15 is 0 Å². The Balaban J connectivity index is 1.43. The highest BCUT2D eigenvalue weighted by Crippen LogP contribution is 2.45. The maximum absolute atomic E-state index is 13.8. The topological polar surface area (TPSA) is 99.6 Å². The van der Waals surface area contributed by atoms with Crippen molar-refractivity contribution in [1.29, 1.82) is 0 Å². The van der Waals surface area contributed by atoms with Gasteiger partial charge < -0.3 is 10.0 Å². The van der Waals surface area contributed by atoms with Crippen molar-refractivity contribution in [2.45, 2.75) is 49.5 Å². The summed E-state index contributed by atoms with van der Waals surface area (Å²) in [5.41, 5.74) is -1.09. The number of benzene rings is 3. The van der Waals surface area contributed by atoms with Gasteiger partial charge in [0.2, 0.25) is 10.0 Å². The van der Waals surface area contributed by atoms with Gasteiger partial charge in [-0.3, -0.25) is 9.78 Å². The van der Waals surface area contributed by atoms with Crippen LogP contribution in [0.4, 0.5) is 18.9 Å². The summed E-state index contributed by atoms with van der Waals surface area (Å²) in [6.07, 6.45) is -3.45. The summed E-state index contributed by atoms with van der Waals surface area (Å²) in [5, 5.41) is 11.8. The molecule has 218 valence electrons. The van der Waals surface area contributed by atoms with Crippen LogP contribution in [0, 0.1) is 0 Å². The van der Waals surface area contributed by atoms with Gasteiger partial charge in [-0.05, 0) is 73.4 Å². The largest absolute Gasteiger partial charge is 0.433 e. The van der Waals surface area contributed by atoms with Crippen molar-refractivity contribution in [3.8, 4) is 11.1 Å². The van der Waals surface area contributed by atoms with E-state index < -0.39 is 38.9 Å². The lowest BCUT2D eigenvalue weighted by Gasteiger charge is -2.24. The Bertz CT molecular complexity index is 1750. The average molecular weight is 596 g/mol. The molecule has 2 heterocycles. The van der Waals surface area contributed by atoms with Crippen LogP contribution < -0.4 is 9.62 Å². The van der Waals surface area contributed by atoms with Crippen LogP contribution in [-0.2, 0) is 33.1 Å². The van der Waals surface area contributed by atoms with Gasteiger partial charge in [-0.25, -0.2) is 13.1 Å². The minimum atomic E-state index is -4.56. The summed E-state index contributed by atoms with van der Waals surface area (Å²) in [4.78, 5) is 18.6. The summed E-state index contributed by atoms with van der Waals surface area (Å²) in [6, 6.07) is 21.5. The first kappa shape index (κ1) is 29.4. The standard InChI is InChI=1S/C31H28F3N3O4S/c1-29(2,3)36-42(40,41)24-14-12-23(13-15-24)30(39)25-6-4-5-7-26(25)37(28(30)38)19-20-8-10-21(11-9-20)22-16-17-35-27(18-22)31(32,33)34/h4-18,36,39H,19H2,1-3H3. The van der Waals surface area contributed by atoms with Crippen LogP contribution >= 0.6 is 0 Å². The van der Waals surface area contributed by atoms with E-state index in [4.69, 9.17) is 0 Å². The second-order valence-electron chi connectivity index (χ2n) is 11.1. The predicted octanol–water partition coefficient (Wildman–Crippen LogP) is 5.63. The number of carbonyl (C=O) groups is 1. The number of rotatable bonds is 6. The monoisotopic (exact) mass is 595 g/mol. The number of amides is 1. The van der Waals surface area contributed by atoms with Crippen LogP contribution in [0.2, 0.25) is 0 Å². The minimum absolute atomic E-state index is 0.00277. The van der Waals surface area contributed by atoms with Gasteiger partial charge in [0.15, 0.2) is 5.60 Å². The highest BCUT2D eigenvalue weighted by Gasteiger charge is 2.51. The Hall–Kier alpha value is -4.06. The molecule has 0 fully saturated rings. The molecule has 1 aliphatic rings. The zero-order chi connectivity index (χ0) is 30.5. The molecule has 0 bridgehead atoms. The molecule has 4 aromatic rings. The van der Waals surface area contributed by atoms with E-state index in [9.17, 15) is 31.5 Å². The third-order valence-corrected chi connectivity index (χ3v) is 8.61. The molecule has 11 heteroatoms. The van der Waals surface area contributed by atoms with Crippen LogP contribution in [0.5, 0.6) is 0 Å². The number of alkyl halides is 3. The number of nitrogens with one attached hydrogen (secondary N) is 1. The Labute approximate surface area is 241 Å². The quantitative estimate of drug-likeness (QED) is 0.301. The number of hydrogen-bond acceptors (Lipinski definition) is 5. The second kappa shape index (κ2) is 10.3. The Morgan fingerprint density at radius 2 is 1.55 bits per heavy atom. The zero-order valence-electron chi connectivity index (χ0n) is 23.0. The van der Waals surface area contributed by atoms with E-state index in [2.05, 4.69) is 9.71 Å². The molecule has 0 spiro atoms. The first-order valence-corrected chi connectivity index (χ1v) is 14.5. The van der Waals surface area contributed by atoms with Gasteiger partial charge in [-0.15, -0.1) is 0 Å². The second-order valence-corrected chi connectivity index (χ2v) is 12.8. The average Bonchev–Trinajstić information content (AvgIpc) is 3.14. The van der Waals surface area contributed by atoms with Crippen molar-refractivity contribution < 1.29 is 31.5 Å². The number of para-hydroxylation sites is 1.